The number of aromatic nitrogens is 3. The van der Waals surface area contributed by atoms with E-state index in [4.69, 9.17) is 10.2 Å². The van der Waals surface area contributed by atoms with Crippen LogP contribution in [0.5, 0.6) is 0 Å². The number of pyridine rings is 1. The molecule has 0 saturated heterocycles. The third-order valence-corrected chi connectivity index (χ3v) is 4.39. The van der Waals surface area contributed by atoms with Crippen LogP contribution in [0.4, 0.5) is 6.01 Å². The van der Waals surface area contributed by atoms with Crippen LogP contribution >= 0.6 is 0 Å². The summed E-state index contributed by atoms with van der Waals surface area (Å²) in [4.78, 5) is 20.9. The van der Waals surface area contributed by atoms with Crippen molar-refractivity contribution in [3.8, 4) is 11.1 Å². The molecule has 1 saturated carbocycles. The van der Waals surface area contributed by atoms with E-state index in [1.54, 1.807) is 6.20 Å². The maximum absolute atomic E-state index is 12.4. The summed E-state index contributed by atoms with van der Waals surface area (Å²) in [5.74, 6) is -0.0909. The first-order valence-corrected chi connectivity index (χ1v) is 8.12. The van der Waals surface area contributed by atoms with Gasteiger partial charge in [-0.1, -0.05) is 6.07 Å². The summed E-state index contributed by atoms with van der Waals surface area (Å²) in [7, 11) is 0. The number of imidazole rings is 1. The Morgan fingerprint density at radius 2 is 2.08 bits per heavy atom. The fraction of sp³-hybridized carbons (Fsp3) is 0.167. The number of carbonyl (C=O) groups excluding carboxylic acids is 1. The van der Waals surface area contributed by atoms with Crippen molar-refractivity contribution in [1.29, 1.82) is 0 Å². The van der Waals surface area contributed by atoms with Crippen molar-refractivity contribution in [2.24, 2.45) is 0 Å². The molecule has 1 fully saturated rings. The maximum Gasteiger partial charge on any atom is 0.292 e. The van der Waals surface area contributed by atoms with Crippen LogP contribution in [0.15, 0.2) is 47.1 Å². The van der Waals surface area contributed by atoms with Crippen LogP contribution in [0.25, 0.3) is 27.9 Å². The average molecular weight is 333 g/mol. The third kappa shape index (κ3) is 2.40. The number of carbonyl (C=O) groups is 1. The third-order valence-electron chi connectivity index (χ3n) is 4.39. The molecule has 5 rings (SSSR count). The highest BCUT2D eigenvalue weighted by atomic mass is 16.4. The first-order valence-electron chi connectivity index (χ1n) is 8.12. The number of hydrogen-bond donors (Lipinski definition) is 2. The number of fused-ring (bicyclic) bond motifs is 2. The van der Waals surface area contributed by atoms with Crippen LogP contribution in [0.3, 0.4) is 0 Å². The van der Waals surface area contributed by atoms with Crippen molar-refractivity contribution in [2.45, 2.75) is 18.9 Å². The molecule has 3 heterocycles. The van der Waals surface area contributed by atoms with Crippen LogP contribution in [-0.4, -0.2) is 26.3 Å². The van der Waals surface area contributed by atoms with Gasteiger partial charge < -0.3 is 15.5 Å². The monoisotopic (exact) mass is 333 g/mol. The molecule has 1 amide bonds. The van der Waals surface area contributed by atoms with Crippen LogP contribution in [-0.2, 0) is 0 Å². The second-order valence-corrected chi connectivity index (χ2v) is 6.27. The van der Waals surface area contributed by atoms with E-state index < -0.39 is 0 Å². The number of rotatable bonds is 3. The second-order valence-electron chi connectivity index (χ2n) is 6.27. The summed E-state index contributed by atoms with van der Waals surface area (Å²) >= 11 is 0. The molecule has 3 N–H and O–H groups in total. The Morgan fingerprint density at radius 1 is 1.24 bits per heavy atom. The van der Waals surface area contributed by atoms with Crippen LogP contribution in [0.1, 0.15) is 23.3 Å². The van der Waals surface area contributed by atoms with Crippen molar-refractivity contribution in [3.05, 3.63) is 48.4 Å². The maximum atomic E-state index is 12.4. The minimum absolute atomic E-state index is 0.0909. The fourth-order valence-electron chi connectivity index (χ4n) is 2.93. The molecule has 0 radical (unpaired) electrons. The van der Waals surface area contributed by atoms with Gasteiger partial charge in [0.1, 0.15) is 16.9 Å². The lowest BCUT2D eigenvalue weighted by Crippen LogP contribution is -2.26. The molecule has 4 aromatic rings. The zero-order chi connectivity index (χ0) is 17.0. The Labute approximate surface area is 142 Å². The molecule has 0 atom stereocenters. The summed E-state index contributed by atoms with van der Waals surface area (Å²) in [6.07, 6.45) is 5.62. The molecule has 0 unspecified atom stereocenters. The molecule has 7 heteroatoms. The summed E-state index contributed by atoms with van der Waals surface area (Å²) in [5, 5.41) is 3.00. The topological polar surface area (TPSA) is 98.5 Å². The standard InChI is InChI=1S/C18H15N5O2/c19-18-22-13-7-10(1-5-15(13)25-18)11-2-6-16-20-8-14(23(16)9-11)17(24)21-12-3-4-12/h1-2,5-9,12H,3-4H2,(H2,19,22)(H,21,24). The number of nitrogens with zero attached hydrogens (tertiary/aromatic N) is 3. The summed E-state index contributed by atoms with van der Waals surface area (Å²) < 4.78 is 7.12. The van der Waals surface area contributed by atoms with Crippen molar-refractivity contribution in [3.63, 3.8) is 0 Å². The molecular formula is C18H15N5O2. The van der Waals surface area contributed by atoms with Crippen LogP contribution < -0.4 is 11.1 Å². The molecule has 1 aliphatic rings. The predicted molar refractivity (Wildman–Crippen MR) is 93.1 cm³/mol. The molecular weight excluding hydrogens is 318 g/mol. The van der Waals surface area contributed by atoms with E-state index in [0.29, 0.717) is 22.8 Å². The van der Waals surface area contributed by atoms with Gasteiger partial charge >= 0.3 is 0 Å². The first kappa shape index (κ1) is 14.0. The number of amides is 1. The lowest BCUT2D eigenvalue weighted by Gasteiger charge is -2.06. The van der Waals surface area contributed by atoms with E-state index in [0.717, 1.165) is 29.6 Å². The smallest absolute Gasteiger partial charge is 0.292 e. The average Bonchev–Trinajstić information content (AvgIpc) is 3.18. The normalized spacial score (nSPS) is 14.2. The number of hydrogen-bond acceptors (Lipinski definition) is 5. The van der Waals surface area contributed by atoms with E-state index in [-0.39, 0.29) is 11.9 Å². The minimum Gasteiger partial charge on any atom is -0.424 e. The van der Waals surface area contributed by atoms with Crippen LogP contribution in [0.2, 0.25) is 0 Å². The zero-order valence-electron chi connectivity index (χ0n) is 13.3. The number of oxazole rings is 1. The van der Waals surface area contributed by atoms with Crippen molar-refractivity contribution in [2.75, 3.05) is 5.73 Å². The lowest BCUT2D eigenvalue weighted by atomic mass is 10.1. The van der Waals surface area contributed by atoms with Gasteiger partial charge in [0.25, 0.3) is 11.9 Å². The molecule has 124 valence electrons. The highest BCUT2D eigenvalue weighted by Crippen LogP contribution is 2.26. The van der Waals surface area contributed by atoms with Gasteiger partial charge in [0, 0.05) is 12.2 Å². The molecule has 3 aromatic heterocycles. The first-order chi connectivity index (χ1) is 12.2. The van der Waals surface area contributed by atoms with E-state index in [2.05, 4.69) is 15.3 Å². The van der Waals surface area contributed by atoms with Gasteiger partial charge in [0.2, 0.25) is 0 Å². The molecule has 7 nitrogen and oxygen atoms in total. The van der Waals surface area contributed by atoms with Gasteiger partial charge in [-0.25, -0.2) is 4.98 Å². The van der Waals surface area contributed by atoms with Gasteiger partial charge in [-0.05, 0) is 48.2 Å². The second kappa shape index (κ2) is 5.07. The Hall–Kier alpha value is -3.35. The molecule has 0 aliphatic heterocycles. The molecule has 25 heavy (non-hydrogen) atoms. The van der Waals surface area contributed by atoms with E-state index >= 15 is 0 Å². The molecule has 0 bridgehead atoms. The van der Waals surface area contributed by atoms with Gasteiger partial charge in [-0.15, -0.1) is 0 Å². The number of nitrogen functional groups attached to an aromatic ring is 1. The van der Waals surface area contributed by atoms with Crippen molar-refractivity contribution >= 4 is 28.7 Å². The zero-order valence-corrected chi connectivity index (χ0v) is 13.3. The lowest BCUT2D eigenvalue weighted by molar-refractivity contribution is 0.0945. The van der Waals surface area contributed by atoms with Gasteiger partial charge in [0.15, 0.2) is 5.58 Å². The summed E-state index contributed by atoms with van der Waals surface area (Å²) in [6, 6.07) is 10.0. The fourth-order valence-corrected chi connectivity index (χ4v) is 2.93. The minimum atomic E-state index is -0.0909. The Balaban J connectivity index is 1.59. The molecule has 1 aromatic carbocycles. The Morgan fingerprint density at radius 3 is 2.92 bits per heavy atom. The number of anilines is 1. The highest BCUT2D eigenvalue weighted by Gasteiger charge is 2.25. The van der Waals surface area contributed by atoms with Gasteiger partial charge in [-0.2, -0.15) is 4.98 Å². The SMILES string of the molecule is Nc1nc2cc(-c3ccc4ncc(C(=O)NC5CC5)n4c3)ccc2o1. The largest absolute Gasteiger partial charge is 0.424 e. The summed E-state index contributed by atoms with van der Waals surface area (Å²) in [5.41, 5.74) is 10.1. The number of nitrogens with one attached hydrogen (secondary N) is 1. The van der Waals surface area contributed by atoms with E-state index in [1.165, 1.54) is 0 Å². The van der Waals surface area contributed by atoms with E-state index in [1.807, 2.05) is 40.9 Å². The number of nitrogens with two attached hydrogens (primary N) is 1. The summed E-state index contributed by atoms with van der Waals surface area (Å²) in [6.45, 7) is 0. The van der Waals surface area contributed by atoms with Crippen molar-refractivity contribution in [1.82, 2.24) is 19.7 Å². The molecule has 1 aliphatic carbocycles. The van der Waals surface area contributed by atoms with Crippen molar-refractivity contribution < 1.29 is 9.21 Å². The Bertz CT molecular complexity index is 1120. The highest BCUT2D eigenvalue weighted by molar-refractivity contribution is 5.94. The van der Waals surface area contributed by atoms with Crippen LogP contribution in [0, 0.1) is 0 Å². The Kier molecular flexibility index (Phi) is 2.85. The van der Waals surface area contributed by atoms with E-state index in [9.17, 15) is 4.79 Å². The van der Waals surface area contributed by atoms with Gasteiger partial charge in [0.05, 0.1) is 6.20 Å². The number of benzene rings is 1. The van der Waals surface area contributed by atoms with Gasteiger partial charge in [-0.3, -0.25) is 9.20 Å². The molecule has 0 spiro atoms. The predicted octanol–water partition coefficient (Wildman–Crippen LogP) is 2.62. The quantitative estimate of drug-likeness (QED) is 0.600.